The van der Waals surface area contributed by atoms with E-state index in [0.29, 0.717) is 43.8 Å². The maximum absolute atomic E-state index is 14.5. The fraction of sp³-hybridized carbons (Fsp3) is 0.561. The summed E-state index contributed by atoms with van der Waals surface area (Å²) in [5.74, 6) is -3.28. The van der Waals surface area contributed by atoms with Crippen LogP contribution in [0.15, 0.2) is 54.6 Å². The van der Waals surface area contributed by atoms with E-state index in [-0.39, 0.29) is 50.1 Å². The minimum Gasteiger partial charge on any atom is -0.494 e. The van der Waals surface area contributed by atoms with E-state index in [9.17, 15) is 33.9 Å². The smallest absolute Gasteiger partial charge is 0.290 e. The zero-order valence-electron chi connectivity index (χ0n) is 31.6. The summed E-state index contributed by atoms with van der Waals surface area (Å²) in [5, 5.41) is 20.5. The Morgan fingerprint density at radius 1 is 0.945 bits per heavy atom. The molecule has 5 N–H and O–H groups in total. The molecule has 1 saturated carbocycles. The largest absolute Gasteiger partial charge is 0.494 e. The first-order valence-corrected chi connectivity index (χ1v) is 19.7. The van der Waals surface area contributed by atoms with Crippen LogP contribution in [0.3, 0.4) is 0 Å². The number of benzene rings is 2. The van der Waals surface area contributed by atoms with E-state index < -0.39 is 60.3 Å². The molecule has 2 unspecified atom stereocenters. The first kappa shape index (κ1) is 41.3. The standard InChI is InChI=1S/C41H55N5O9/c1-2-12-32(38(50)40(52)42-24-36(49)43-33(26-47)28-14-5-3-6-15-28)44-39(51)34-23-31-25-46(34)41(53)37(29-16-7-4-8-17-29)45-35(48)22-27-13-11-18-30(21-27)54-19-9-10-20-55-31/h3,5-6,11,13-15,18,21,29,31-34,37,47H,2,4,7-10,12,16-17,19-20,22-26H2,1H3,(H,42,52)(H,43,49)(H,44,51)(H,45,48)/t31-,32?,33-,34?,37+/m1/s1. The monoisotopic (exact) mass is 761 g/mol. The number of aliphatic hydroxyl groups excluding tert-OH is 1. The quantitative estimate of drug-likeness (QED) is 0.202. The summed E-state index contributed by atoms with van der Waals surface area (Å²) >= 11 is 0. The van der Waals surface area contributed by atoms with E-state index in [1.165, 1.54) is 4.90 Å². The third-order valence-electron chi connectivity index (χ3n) is 10.5. The normalized spacial score (nSPS) is 22.3. The molecular formula is C41H55N5O9. The maximum atomic E-state index is 14.5. The van der Waals surface area contributed by atoms with Crippen LogP contribution in [0, 0.1) is 5.92 Å². The lowest BCUT2D eigenvalue weighted by Crippen LogP contribution is -2.58. The number of fused-ring (bicyclic) bond motifs is 4. The van der Waals surface area contributed by atoms with Crippen LogP contribution in [0.4, 0.5) is 0 Å². The minimum absolute atomic E-state index is 0.0585. The van der Waals surface area contributed by atoms with Crippen molar-refractivity contribution in [2.24, 2.45) is 5.92 Å². The van der Waals surface area contributed by atoms with Gasteiger partial charge in [0.05, 0.1) is 44.4 Å². The van der Waals surface area contributed by atoms with Crippen molar-refractivity contribution in [3.05, 3.63) is 65.7 Å². The Labute approximate surface area is 322 Å². The number of hydrogen-bond acceptors (Lipinski definition) is 9. The van der Waals surface area contributed by atoms with Gasteiger partial charge in [-0.3, -0.25) is 28.8 Å². The summed E-state index contributed by atoms with van der Waals surface area (Å²) in [7, 11) is 0. The summed E-state index contributed by atoms with van der Waals surface area (Å²) in [6, 6.07) is 12.4. The van der Waals surface area contributed by atoms with Gasteiger partial charge in [0.25, 0.3) is 5.91 Å². The SMILES string of the molecule is CCCC(NC(=O)C1C[C@@H]2CN1C(=O)[C@H](C1CCCCC1)NC(=O)Cc1cccc(c1)OCCCCO2)C(=O)C(=O)NCC(=O)N[C@H](CO)c1ccccc1. The highest BCUT2D eigenvalue weighted by Crippen LogP contribution is 2.30. The van der Waals surface area contributed by atoms with Crippen molar-refractivity contribution in [1.29, 1.82) is 0 Å². The van der Waals surface area contributed by atoms with Crippen molar-refractivity contribution in [3.63, 3.8) is 0 Å². The van der Waals surface area contributed by atoms with Crippen molar-refractivity contribution < 1.29 is 43.3 Å². The number of carbonyl (C=O) groups is 6. The molecule has 0 spiro atoms. The topological polar surface area (TPSA) is 192 Å². The van der Waals surface area contributed by atoms with Gasteiger partial charge >= 0.3 is 0 Å². The first-order valence-electron chi connectivity index (χ1n) is 19.7. The van der Waals surface area contributed by atoms with E-state index in [2.05, 4.69) is 21.3 Å². The average Bonchev–Trinajstić information content (AvgIpc) is 3.63. The van der Waals surface area contributed by atoms with Gasteiger partial charge in [0.2, 0.25) is 29.4 Å². The molecule has 14 heteroatoms. The Balaban J connectivity index is 1.28. The zero-order chi connectivity index (χ0) is 39.2. The molecule has 0 radical (unpaired) electrons. The van der Waals surface area contributed by atoms with Gasteiger partial charge in [-0.25, -0.2) is 0 Å². The average molecular weight is 762 g/mol. The van der Waals surface area contributed by atoms with Crippen molar-refractivity contribution in [1.82, 2.24) is 26.2 Å². The Hall–Kier alpha value is -4.82. The van der Waals surface area contributed by atoms with Gasteiger partial charge in [0.15, 0.2) is 0 Å². The summed E-state index contributed by atoms with van der Waals surface area (Å²) in [4.78, 5) is 82.7. The Morgan fingerprint density at radius 2 is 1.71 bits per heavy atom. The summed E-state index contributed by atoms with van der Waals surface area (Å²) in [5.41, 5.74) is 1.43. The molecule has 5 rings (SSSR count). The molecule has 4 bridgehead atoms. The summed E-state index contributed by atoms with van der Waals surface area (Å²) < 4.78 is 12.1. The van der Waals surface area contributed by atoms with Crippen LogP contribution in [0.1, 0.15) is 88.3 Å². The number of aliphatic hydroxyl groups is 1. The molecule has 14 nitrogen and oxygen atoms in total. The number of hydrogen-bond donors (Lipinski definition) is 5. The lowest BCUT2D eigenvalue weighted by molar-refractivity contribution is -0.144. The molecule has 2 aliphatic heterocycles. The first-order chi connectivity index (χ1) is 26.7. The fourth-order valence-corrected chi connectivity index (χ4v) is 7.63. The molecule has 1 saturated heterocycles. The maximum Gasteiger partial charge on any atom is 0.290 e. The zero-order valence-corrected chi connectivity index (χ0v) is 31.6. The molecule has 2 aromatic carbocycles. The van der Waals surface area contributed by atoms with E-state index >= 15 is 0 Å². The van der Waals surface area contributed by atoms with Crippen LogP contribution in [0.5, 0.6) is 5.75 Å². The van der Waals surface area contributed by atoms with Gasteiger partial charge in [0, 0.05) is 19.6 Å². The Morgan fingerprint density at radius 3 is 2.45 bits per heavy atom. The van der Waals surface area contributed by atoms with E-state index in [1.54, 1.807) is 30.3 Å². The number of nitrogens with one attached hydrogen (secondary N) is 4. The molecule has 0 aromatic heterocycles. The molecule has 2 aromatic rings. The van der Waals surface area contributed by atoms with Crippen LogP contribution in [-0.2, 0) is 39.9 Å². The number of nitrogens with zero attached hydrogens (tertiary/aromatic N) is 1. The van der Waals surface area contributed by atoms with Crippen LogP contribution in [0.2, 0.25) is 0 Å². The van der Waals surface area contributed by atoms with Crippen molar-refractivity contribution >= 4 is 35.3 Å². The number of carbonyl (C=O) groups excluding carboxylic acids is 6. The van der Waals surface area contributed by atoms with E-state index in [0.717, 1.165) is 37.7 Å². The second-order valence-corrected chi connectivity index (χ2v) is 14.7. The summed E-state index contributed by atoms with van der Waals surface area (Å²) in [6.07, 6.45) is 6.22. The molecule has 2 heterocycles. The van der Waals surface area contributed by atoms with Crippen molar-refractivity contribution in [2.45, 2.75) is 108 Å². The second kappa shape index (κ2) is 20.7. The number of ether oxygens (including phenoxy) is 2. The molecule has 3 aliphatic rings. The van der Waals surface area contributed by atoms with Crippen LogP contribution >= 0.6 is 0 Å². The highest BCUT2D eigenvalue weighted by atomic mass is 16.5. The van der Waals surface area contributed by atoms with Gasteiger partial charge in [-0.1, -0.05) is 75.1 Å². The van der Waals surface area contributed by atoms with Crippen LogP contribution < -0.4 is 26.0 Å². The van der Waals surface area contributed by atoms with E-state index in [1.807, 2.05) is 31.2 Å². The highest BCUT2D eigenvalue weighted by Gasteiger charge is 2.45. The van der Waals surface area contributed by atoms with Crippen molar-refractivity contribution in [2.75, 3.05) is 32.9 Å². The third kappa shape index (κ3) is 11.8. The van der Waals surface area contributed by atoms with Gasteiger partial charge in [-0.2, -0.15) is 0 Å². The molecular weight excluding hydrogens is 706 g/mol. The third-order valence-corrected chi connectivity index (χ3v) is 10.5. The fourth-order valence-electron chi connectivity index (χ4n) is 7.63. The molecule has 55 heavy (non-hydrogen) atoms. The minimum atomic E-state index is -1.21. The lowest BCUT2D eigenvalue weighted by Gasteiger charge is -2.35. The van der Waals surface area contributed by atoms with Crippen molar-refractivity contribution in [3.8, 4) is 5.75 Å². The molecule has 5 atom stereocenters. The van der Waals surface area contributed by atoms with E-state index in [4.69, 9.17) is 9.47 Å². The molecule has 1 aliphatic carbocycles. The number of amides is 5. The molecule has 298 valence electrons. The predicted octanol–water partition coefficient (Wildman–Crippen LogP) is 2.27. The van der Waals surface area contributed by atoms with Gasteiger partial charge in [0.1, 0.15) is 17.8 Å². The number of rotatable bonds is 12. The van der Waals surface area contributed by atoms with Gasteiger partial charge in [-0.05, 0) is 61.3 Å². The number of ketones is 1. The van der Waals surface area contributed by atoms with Crippen LogP contribution in [0.25, 0.3) is 0 Å². The summed E-state index contributed by atoms with van der Waals surface area (Å²) in [6.45, 7) is 1.91. The second-order valence-electron chi connectivity index (χ2n) is 14.7. The Bertz CT molecular complexity index is 1630. The molecule has 2 fully saturated rings. The molecule has 5 amide bonds. The predicted molar refractivity (Wildman–Crippen MR) is 203 cm³/mol. The highest BCUT2D eigenvalue weighted by molar-refractivity contribution is 6.38. The van der Waals surface area contributed by atoms with Gasteiger partial charge < -0.3 is 40.7 Å². The lowest BCUT2D eigenvalue weighted by atomic mass is 9.83. The van der Waals surface area contributed by atoms with Crippen LogP contribution in [-0.4, -0.2) is 102 Å². The van der Waals surface area contributed by atoms with Gasteiger partial charge in [-0.15, -0.1) is 0 Å². The number of Topliss-reactive ketones (excluding diaryl/α,β-unsaturated/α-hetero) is 1. The Kier molecular flexibility index (Phi) is 15.6.